The first-order chi connectivity index (χ1) is 5.74. The van der Waals surface area contributed by atoms with Crippen LogP contribution in [0.4, 0.5) is 0 Å². The highest BCUT2D eigenvalue weighted by molar-refractivity contribution is 4.81. The zero-order valence-electron chi connectivity index (χ0n) is 8.64. The quantitative estimate of drug-likeness (QED) is 0.684. The fourth-order valence-corrected chi connectivity index (χ4v) is 2.04. The number of hydrogen-bond acceptors (Lipinski definition) is 2. The van der Waals surface area contributed by atoms with Gasteiger partial charge in [-0.15, -0.1) is 0 Å². The lowest BCUT2D eigenvalue weighted by molar-refractivity contribution is 0.266. The molecule has 72 valence electrons. The van der Waals surface area contributed by atoms with E-state index in [2.05, 4.69) is 31.1 Å². The molecule has 12 heavy (non-hydrogen) atoms. The van der Waals surface area contributed by atoms with E-state index in [4.69, 9.17) is 0 Å². The Balaban J connectivity index is 2.20. The van der Waals surface area contributed by atoms with Gasteiger partial charge in [0.25, 0.3) is 0 Å². The summed E-state index contributed by atoms with van der Waals surface area (Å²) < 4.78 is 0. The molecule has 0 spiro atoms. The van der Waals surface area contributed by atoms with Crippen molar-refractivity contribution in [2.75, 3.05) is 26.7 Å². The summed E-state index contributed by atoms with van der Waals surface area (Å²) in [7, 11) is 2.23. The monoisotopic (exact) mass is 170 g/mol. The Hall–Kier alpha value is -0.0800. The summed E-state index contributed by atoms with van der Waals surface area (Å²) in [6, 6.07) is 0.726. The van der Waals surface area contributed by atoms with Crippen LogP contribution in [0.5, 0.6) is 0 Å². The highest BCUT2D eigenvalue weighted by atomic mass is 15.1. The number of hydrogen-bond donors (Lipinski definition) is 1. The summed E-state index contributed by atoms with van der Waals surface area (Å²) in [4.78, 5) is 2.45. The van der Waals surface area contributed by atoms with Crippen LogP contribution in [-0.4, -0.2) is 37.6 Å². The van der Waals surface area contributed by atoms with E-state index >= 15 is 0 Å². The molecule has 1 fully saturated rings. The predicted molar refractivity (Wildman–Crippen MR) is 53.4 cm³/mol. The highest BCUT2D eigenvalue weighted by Crippen LogP contribution is 2.15. The van der Waals surface area contributed by atoms with Crippen LogP contribution in [0.15, 0.2) is 0 Å². The first-order valence-electron chi connectivity index (χ1n) is 5.16. The van der Waals surface area contributed by atoms with E-state index in [1.807, 2.05) is 0 Å². The minimum absolute atomic E-state index is 0.726. The summed E-state index contributed by atoms with van der Waals surface area (Å²) in [5, 5.41) is 3.49. The molecule has 0 amide bonds. The van der Waals surface area contributed by atoms with E-state index in [1.54, 1.807) is 0 Å². The zero-order chi connectivity index (χ0) is 8.97. The van der Waals surface area contributed by atoms with Crippen molar-refractivity contribution in [2.24, 2.45) is 5.92 Å². The average Bonchev–Trinajstić information content (AvgIpc) is 2.37. The van der Waals surface area contributed by atoms with Crippen LogP contribution in [0.3, 0.4) is 0 Å². The van der Waals surface area contributed by atoms with Gasteiger partial charge in [-0.1, -0.05) is 6.92 Å². The van der Waals surface area contributed by atoms with E-state index < -0.39 is 0 Å². The molecular weight excluding hydrogens is 148 g/mol. The lowest BCUT2D eigenvalue weighted by Crippen LogP contribution is -2.32. The molecular formula is C10H22N2. The van der Waals surface area contributed by atoms with Crippen molar-refractivity contribution in [3.05, 3.63) is 0 Å². The zero-order valence-corrected chi connectivity index (χ0v) is 8.64. The molecule has 1 aliphatic rings. The second-order valence-electron chi connectivity index (χ2n) is 4.05. The van der Waals surface area contributed by atoms with Gasteiger partial charge in [-0.05, 0) is 45.8 Å². The van der Waals surface area contributed by atoms with Crippen molar-refractivity contribution in [3.8, 4) is 0 Å². The van der Waals surface area contributed by atoms with Crippen molar-refractivity contribution >= 4 is 0 Å². The van der Waals surface area contributed by atoms with E-state index in [-0.39, 0.29) is 0 Å². The Labute approximate surface area is 76.3 Å². The molecule has 2 atom stereocenters. The second-order valence-corrected chi connectivity index (χ2v) is 4.05. The lowest BCUT2D eigenvalue weighted by atomic mass is 10.0. The van der Waals surface area contributed by atoms with Gasteiger partial charge in [-0.3, -0.25) is 0 Å². The van der Waals surface area contributed by atoms with Crippen LogP contribution in [0.2, 0.25) is 0 Å². The normalized spacial score (nSPS) is 30.0. The Morgan fingerprint density at radius 2 is 2.25 bits per heavy atom. The van der Waals surface area contributed by atoms with Gasteiger partial charge in [0.15, 0.2) is 0 Å². The molecule has 0 aliphatic carbocycles. The lowest BCUT2D eigenvalue weighted by Gasteiger charge is -2.22. The van der Waals surface area contributed by atoms with Crippen LogP contribution >= 0.6 is 0 Å². The van der Waals surface area contributed by atoms with Crippen LogP contribution < -0.4 is 5.32 Å². The third kappa shape index (κ3) is 2.76. The van der Waals surface area contributed by atoms with Gasteiger partial charge in [0.05, 0.1) is 0 Å². The first kappa shape index (κ1) is 10.0. The molecule has 1 aliphatic heterocycles. The summed E-state index contributed by atoms with van der Waals surface area (Å²) >= 11 is 0. The Bertz CT molecular complexity index is 125. The minimum atomic E-state index is 0.726. The number of rotatable bonds is 4. The Morgan fingerprint density at radius 1 is 1.50 bits per heavy atom. The number of nitrogens with one attached hydrogen (secondary N) is 1. The van der Waals surface area contributed by atoms with Crippen LogP contribution in [0, 0.1) is 5.92 Å². The Kier molecular flexibility index (Phi) is 4.02. The topological polar surface area (TPSA) is 15.3 Å². The molecule has 2 unspecified atom stereocenters. The molecule has 0 aromatic rings. The average molecular weight is 170 g/mol. The standard InChI is InChI=1S/C10H22N2/c1-4-7-12(3)8-10-5-6-11-9(10)2/h9-11H,4-8H2,1-3H3. The largest absolute Gasteiger partial charge is 0.314 e. The summed E-state index contributed by atoms with van der Waals surface area (Å²) in [5.74, 6) is 0.876. The molecule has 0 aromatic carbocycles. The van der Waals surface area contributed by atoms with Crippen LogP contribution in [-0.2, 0) is 0 Å². The van der Waals surface area contributed by atoms with Crippen molar-refractivity contribution in [1.29, 1.82) is 0 Å². The van der Waals surface area contributed by atoms with E-state index in [0.29, 0.717) is 0 Å². The van der Waals surface area contributed by atoms with Crippen LogP contribution in [0.25, 0.3) is 0 Å². The molecule has 1 saturated heterocycles. The molecule has 0 aromatic heterocycles. The van der Waals surface area contributed by atoms with Crippen LogP contribution in [0.1, 0.15) is 26.7 Å². The molecule has 1 rings (SSSR count). The van der Waals surface area contributed by atoms with Crippen molar-refractivity contribution < 1.29 is 0 Å². The maximum absolute atomic E-state index is 3.49. The summed E-state index contributed by atoms with van der Waals surface area (Å²) in [6.07, 6.45) is 2.63. The second kappa shape index (κ2) is 4.83. The molecule has 2 heteroatoms. The molecule has 2 nitrogen and oxygen atoms in total. The third-order valence-electron chi connectivity index (χ3n) is 2.84. The molecule has 1 heterocycles. The maximum Gasteiger partial charge on any atom is 0.00796 e. The van der Waals surface area contributed by atoms with Gasteiger partial charge >= 0.3 is 0 Å². The highest BCUT2D eigenvalue weighted by Gasteiger charge is 2.23. The third-order valence-corrected chi connectivity index (χ3v) is 2.84. The van der Waals surface area contributed by atoms with Gasteiger partial charge in [0, 0.05) is 12.6 Å². The number of nitrogens with zero attached hydrogens (tertiary/aromatic N) is 1. The fraction of sp³-hybridized carbons (Fsp3) is 1.00. The van der Waals surface area contributed by atoms with Gasteiger partial charge in [-0.2, -0.15) is 0 Å². The molecule has 0 radical (unpaired) electrons. The van der Waals surface area contributed by atoms with E-state index in [1.165, 1.54) is 32.5 Å². The minimum Gasteiger partial charge on any atom is -0.314 e. The molecule has 0 saturated carbocycles. The van der Waals surface area contributed by atoms with Crippen molar-refractivity contribution in [2.45, 2.75) is 32.7 Å². The van der Waals surface area contributed by atoms with Gasteiger partial charge in [0.2, 0.25) is 0 Å². The predicted octanol–water partition coefficient (Wildman–Crippen LogP) is 1.33. The van der Waals surface area contributed by atoms with Gasteiger partial charge < -0.3 is 10.2 Å². The maximum atomic E-state index is 3.49. The molecule has 0 bridgehead atoms. The molecule has 1 N–H and O–H groups in total. The SMILES string of the molecule is CCCN(C)CC1CCNC1C. The van der Waals surface area contributed by atoms with Gasteiger partial charge in [-0.25, -0.2) is 0 Å². The summed E-state index contributed by atoms with van der Waals surface area (Å²) in [5.41, 5.74) is 0. The Morgan fingerprint density at radius 3 is 2.75 bits per heavy atom. The van der Waals surface area contributed by atoms with Gasteiger partial charge in [0.1, 0.15) is 0 Å². The van der Waals surface area contributed by atoms with Crippen molar-refractivity contribution in [1.82, 2.24) is 10.2 Å². The van der Waals surface area contributed by atoms with E-state index in [9.17, 15) is 0 Å². The summed E-state index contributed by atoms with van der Waals surface area (Å²) in [6.45, 7) is 8.27. The van der Waals surface area contributed by atoms with Crippen molar-refractivity contribution in [3.63, 3.8) is 0 Å². The smallest absolute Gasteiger partial charge is 0.00796 e. The van der Waals surface area contributed by atoms with E-state index in [0.717, 1.165) is 12.0 Å². The fourth-order valence-electron chi connectivity index (χ4n) is 2.04. The first-order valence-corrected chi connectivity index (χ1v) is 5.16.